The molecular formula is C19H32FN3O3Si. The van der Waals surface area contributed by atoms with Crippen LogP contribution in [0.2, 0.25) is 25.7 Å². The molecule has 0 bridgehead atoms. The zero-order chi connectivity index (χ0) is 20.2. The van der Waals surface area contributed by atoms with Crippen molar-refractivity contribution in [3.05, 3.63) is 23.8 Å². The Labute approximate surface area is 162 Å². The highest BCUT2D eigenvalue weighted by molar-refractivity contribution is 6.76. The standard InChI is InChI=1S/C19H32FN3O3Si/c1-19(2,3)26-18(24)22-9-7-15(8-10-22)17-16(20)13-23(21-17)14-25-11-12-27(4,5)6/h7,13H,8-12,14H2,1-6H3. The SMILES string of the molecule is CC(C)(C)OC(=O)N1CC=C(c2nn(COCC[Si](C)(C)C)cc2F)CC1. The van der Waals surface area contributed by atoms with Gasteiger partial charge in [-0.1, -0.05) is 25.7 Å². The molecule has 27 heavy (non-hydrogen) atoms. The minimum Gasteiger partial charge on any atom is -0.444 e. The largest absolute Gasteiger partial charge is 0.444 e. The second-order valence-electron chi connectivity index (χ2n) is 9.12. The first kappa shape index (κ1) is 21.6. The van der Waals surface area contributed by atoms with Crippen molar-refractivity contribution >= 4 is 19.7 Å². The Morgan fingerprint density at radius 3 is 2.59 bits per heavy atom. The van der Waals surface area contributed by atoms with Gasteiger partial charge in [-0.15, -0.1) is 0 Å². The molecule has 0 spiro atoms. The van der Waals surface area contributed by atoms with E-state index in [1.165, 1.54) is 10.9 Å². The van der Waals surface area contributed by atoms with Gasteiger partial charge in [-0.05, 0) is 38.8 Å². The average molecular weight is 398 g/mol. The number of aromatic nitrogens is 2. The van der Waals surface area contributed by atoms with E-state index in [2.05, 4.69) is 24.7 Å². The van der Waals surface area contributed by atoms with E-state index < -0.39 is 13.7 Å². The smallest absolute Gasteiger partial charge is 0.410 e. The molecular weight excluding hydrogens is 365 g/mol. The van der Waals surface area contributed by atoms with Gasteiger partial charge in [0.05, 0.1) is 6.20 Å². The maximum atomic E-state index is 14.3. The fraction of sp³-hybridized carbons (Fsp3) is 0.684. The molecule has 0 atom stereocenters. The summed E-state index contributed by atoms with van der Waals surface area (Å²) < 4.78 is 26.8. The fourth-order valence-electron chi connectivity index (χ4n) is 2.59. The second kappa shape index (κ2) is 8.56. The van der Waals surface area contributed by atoms with Crippen LogP contribution in [-0.4, -0.2) is 54.1 Å². The average Bonchev–Trinajstić information content (AvgIpc) is 2.90. The molecule has 6 nitrogen and oxygen atoms in total. The first-order chi connectivity index (χ1) is 12.4. The lowest BCUT2D eigenvalue weighted by Crippen LogP contribution is -2.39. The van der Waals surface area contributed by atoms with Gasteiger partial charge in [-0.2, -0.15) is 5.10 Å². The third kappa shape index (κ3) is 7.10. The monoisotopic (exact) mass is 397 g/mol. The first-order valence-corrected chi connectivity index (χ1v) is 13.1. The summed E-state index contributed by atoms with van der Waals surface area (Å²) in [6, 6.07) is 1.06. The van der Waals surface area contributed by atoms with Gasteiger partial charge in [0.15, 0.2) is 5.82 Å². The van der Waals surface area contributed by atoms with Crippen LogP contribution in [-0.2, 0) is 16.2 Å². The lowest BCUT2D eigenvalue weighted by atomic mass is 10.1. The highest BCUT2D eigenvalue weighted by Crippen LogP contribution is 2.24. The van der Waals surface area contributed by atoms with Gasteiger partial charge in [0.2, 0.25) is 0 Å². The minimum absolute atomic E-state index is 0.249. The Hall–Kier alpha value is -1.67. The number of amides is 1. The van der Waals surface area contributed by atoms with Gasteiger partial charge >= 0.3 is 6.09 Å². The molecule has 0 fully saturated rings. The van der Waals surface area contributed by atoms with Crippen LogP contribution in [0.1, 0.15) is 32.9 Å². The second-order valence-corrected chi connectivity index (χ2v) is 14.7. The van der Waals surface area contributed by atoms with Crippen molar-refractivity contribution in [2.45, 2.75) is 65.2 Å². The molecule has 2 rings (SSSR count). The van der Waals surface area contributed by atoms with Crippen LogP contribution in [0.4, 0.5) is 9.18 Å². The molecule has 1 aromatic heterocycles. The molecule has 0 N–H and O–H groups in total. The predicted octanol–water partition coefficient (Wildman–Crippen LogP) is 4.36. The van der Waals surface area contributed by atoms with E-state index in [0.717, 1.165) is 11.6 Å². The minimum atomic E-state index is -1.14. The lowest BCUT2D eigenvalue weighted by molar-refractivity contribution is 0.0270. The normalized spacial score (nSPS) is 15.7. The van der Waals surface area contributed by atoms with E-state index in [0.29, 0.717) is 31.8 Å². The number of halogens is 1. The van der Waals surface area contributed by atoms with E-state index in [1.54, 1.807) is 4.90 Å². The molecule has 152 valence electrons. The summed E-state index contributed by atoms with van der Waals surface area (Å²) in [6.45, 7) is 14.2. The zero-order valence-electron chi connectivity index (χ0n) is 17.3. The molecule has 1 aromatic rings. The van der Waals surface area contributed by atoms with Crippen molar-refractivity contribution in [3.63, 3.8) is 0 Å². The van der Waals surface area contributed by atoms with Crippen LogP contribution >= 0.6 is 0 Å². The van der Waals surface area contributed by atoms with Crippen LogP contribution < -0.4 is 0 Å². The Bertz CT molecular complexity index is 689. The number of hydrogen-bond donors (Lipinski definition) is 0. The topological polar surface area (TPSA) is 56.6 Å². The van der Waals surface area contributed by atoms with Crippen molar-refractivity contribution in [1.82, 2.24) is 14.7 Å². The van der Waals surface area contributed by atoms with Gasteiger partial charge in [0.1, 0.15) is 18.0 Å². The van der Waals surface area contributed by atoms with E-state index >= 15 is 0 Å². The van der Waals surface area contributed by atoms with Crippen molar-refractivity contribution < 1.29 is 18.7 Å². The summed E-state index contributed by atoms with van der Waals surface area (Å²) in [7, 11) is -1.14. The molecule has 8 heteroatoms. The van der Waals surface area contributed by atoms with Gasteiger partial charge in [0.25, 0.3) is 0 Å². The number of hydrogen-bond acceptors (Lipinski definition) is 4. The number of carbonyl (C=O) groups is 1. The van der Waals surface area contributed by atoms with Gasteiger partial charge in [-0.3, -0.25) is 0 Å². The summed E-state index contributed by atoms with van der Waals surface area (Å²) in [5, 5.41) is 4.32. The number of ether oxygens (including phenoxy) is 2. The molecule has 0 radical (unpaired) electrons. The summed E-state index contributed by atoms with van der Waals surface area (Å²) in [5.74, 6) is -0.360. The van der Waals surface area contributed by atoms with Gasteiger partial charge in [0, 0.05) is 27.8 Å². The van der Waals surface area contributed by atoms with Crippen molar-refractivity contribution in [2.75, 3.05) is 19.7 Å². The molecule has 0 aromatic carbocycles. The molecule has 0 unspecified atom stereocenters. The van der Waals surface area contributed by atoms with Crippen molar-refractivity contribution in [1.29, 1.82) is 0 Å². The van der Waals surface area contributed by atoms with E-state index in [4.69, 9.17) is 9.47 Å². The van der Waals surface area contributed by atoms with Gasteiger partial charge in [-0.25, -0.2) is 13.9 Å². The quantitative estimate of drug-likeness (QED) is 0.529. The first-order valence-electron chi connectivity index (χ1n) is 9.43. The fourth-order valence-corrected chi connectivity index (χ4v) is 3.35. The van der Waals surface area contributed by atoms with Crippen LogP contribution in [0.25, 0.3) is 5.57 Å². The predicted molar refractivity (Wildman–Crippen MR) is 107 cm³/mol. The van der Waals surface area contributed by atoms with Crippen LogP contribution in [0.15, 0.2) is 12.3 Å². The highest BCUT2D eigenvalue weighted by atomic mass is 28.3. The Kier molecular flexibility index (Phi) is 6.86. The Morgan fingerprint density at radius 2 is 2.04 bits per heavy atom. The third-order valence-corrected chi connectivity index (χ3v) is 5.81. The van der Waals surface area contributed by atoms with E-state index in [-0.39, 0.29) is 18.6 Å². The summed E-state index contributed by atoms with van der Waals surface area (Å²) in [4.78, 5) is 13.7. The lowest BCUT2D eigenvalue weighted by Gasteiger charge is -2.29. The third-order valence-electron chi connectivity index (χ3n) is 4.10. The molecule has 0 saturated carbocycles. The van der Waals surface area contributed by atoms with Crippen LogP contribution in [0.5, 0.6) is 0 Å². The maximum Gasteiger partial charge on any atom is 0.410 e. The number of carbonyl (C=O) groups excluding carboxylic acids is 1. The van der Waals surface area contributed by atoms with Crippen molar-refractivity contribution in [3.8, 4) is 0 Å². The maximum absolute atomic E-state index is 14.3. The zero-order valence-corrected chi connectivity index (χ0v) is 18.3. The Balaban J connectivity index is 1.91. The molecule has 0 saturated heterocycles. The number of nitrogens with zero attached hydrogens (tertiary/aromatic N) is 3. The molecule has 0 aliphatic carbocycles. The van der Waals surface area contributed by atoms with E-state index in [9.17, 15) is 9.18 Å². The Morgan fingerprint density at radius 1 is 1.33 bits per heavy atom. The molecule has 1 amide bonds. The van der Waals surface area contributed by atoms with Crippen LogP contribution in [0, 0.1) is 5.82 Å². The summed E-state index contributed by atoms with van der Waals surface area (Å²) >= 11 is 0. The molecule has 2 heterocycles. The molecule has 1 aliphatic heterocycles. The number of rotatable bonds is 6. The van der Waals surface area contributed by atoms with Crippen LogP contribution in [0.3, 0.4) is 0 Å². The summed E-state index contributed by atoms with van der Waals surface area (Å²) in [6.07, 6.45) is 3.41. The van der Waals surface area contributed by atoms with Crippen molar-refractivity contribution in [2.24, 2.45) is 0 Å². The van der Waals surface area contributed by atoms with E-state index in [1.807, 2.05) is 26.8 Å². The highest BCUT2D eigenvalue weighted by Gasteiger charge is 2.25. The molecule has 1 aliphatic rings. The van der Waals surface area contributed by atoms with Gasteiger partial charge < -0.3 is 14.4 Å². The summed E-state index contributed by atoms with van der Waals surface area (Å²) in [5.41, 5.74) is 0.627.